The number of aromatic nitrogens is 1. The molecule has 2 rings (SSSR count). The minimum absolute atomic E-state index is 0.281. The molecule has 17 heavy (non-hydrogen) atoms. The van der Waals surface area contributed by atoms with Gasteiger partial charge in [-0.05, 0) is 30.7 Å². The number of nitrogens with one attached hydrogen (secondary N) is 1. The second-order valence-corrected chi connectivity index (χ2v) is 7.53. The van der Waals surface area contributed by atoms with Gasteiger partial charge in [-0.2, -0.15) is 11.8 Å². The van der Waals surface area contributed by atoms with Gasteiger partial charge < -0.3 is 5.32 Å². The molecule has 0 bridgehead atoms. The van der Waals surface area contributed by atoms with Gasteiger partial charge in [-0.3, -0.25) is 0 Å². The van der Waals surface area contributed by atoms with Crippen LogP contribution in [0.1, 0.15) is 12.8 Å². The summed E-state index contributed by atoms with van der Waals surface area (Å²) in [6.07, 6.45) is 5.26. The molecule has 1 saturated heterocycles. The minimum Gasteiger partial charge on any atom is -0.368 e. The number of anilines is 1. The van der Waals surface area contributed by atoms with E-state index < -0.39 is 9.84 Å². The molecular weight excluding hydrogens is 256 g/mol. The third kappa shape index (κ3) is 3.35. The van der Waals surface area contributed by atoms with Gasteiger partial charge in [0.15, 0.2) is 9.84 Å². The van der Waals surface area contributed by atoms with Crippen LogP contribution in [0.3, 0.4) is 0 Å². The summed E-state index contributed by atoms with van der Waals surface area (Å²) in [6, 6.07) is 3.23. The third-order valence-electron chi connectivity index (χ3n) is 2.69. The number of sulfone groups is 1. The van der Waals surface area contributed by atoms with Crippen molar-refractivity contribution in [2.75, 3.05) is 23.9 Å². The quantitative estimate of drug-likeness (QED) is 0.905. The number of nitrogens with zero attached hydrogens (tertiary/aromatic N) is 1. The summed E-state index contributed by atoms with van der Waals surface area (Å²) in [7, 11) is -3.21. The van der Waals surface area contributed by atoms with Crippen LogP contribution in [0.25, 0.3) is 0 Å². The SMILES string of the molecule is CS(=O)(=O)c1cccnc1NCC1CCCS1. The summed E-state index contributed by atoms with van der Waals surface area (Å²) < 4.78 is 23.1. The summed E-state index contributed by atoms with van der Waals surface area (Å²) in [4.78, 5) is 4.39. The lowest BCUT2D eigenvalue weighted by Crippen LogP contribution is -2.16. The van der Waals surface area contributed by atoms with Crippen molar-refractivity contribution in [3.8, 4) is 0 Å². The van der Waals surface area contributed by atoms with Crippen LogP contribution in [0.5, 0.6) is 0 Å². The van der Waals surface area contributed by atoms with Gasteiger partial charge in [0.25, 0.3) is 0 Å². The summed E-state index contributed by atoms with van der Waals surface area (Å²) in [5, 5.41) is 3.72. The monoisotopic (exact) mass is 272 g/mol. The van der Waals surface area contributed by atoms with E-state index in [4.69, 9.17) is 0 Å². The van der Waals surface area contributed by atoms with Crippen LogP contribution >= 0.6 is 11.8 Å². The number of hydrogen-bond acceptors (Lipinski definition) is 5. The zero-order valence-electron chi connectivity index (χ0n) is 9.72. The van der Waals surface area contributed by atoms with E-state index in [1.807, 2.05) is 11.8 Å². The average Bonchev–Trinajstić information content (AvgIpc) is 2.78. The molecule has 1 aromatic heterocycles. The Bertz CT molecular complexity index is 482. The molecule has 0 saturated carbocycles. The van der Waals surface area contributed by atoms with Crippen molar-refractivity contribution in [2.45, 2.75) is 23.0 Å². The number of hydrogen-bond donors (Lipinski definition) is 1. The lowest BCUT2D eigenvalue weighted by Gasteiger charge is -2.12. The van der Waals surface area contributed by atoms with Gasteiger partial charge in [0.05, 0.1) is 0 Å². The van der Waals surface area contributed by atoms with Crippen LogP contribution in [-0.2, 0) is 9.84 Å². The molecule has 94 valence electrons. The van der Waals surface area contributed by atoms with Crippen molar-refractivity contribution in [3.05, 3.63) is 18.3 Å². The van der Waals surface area contributed by atoms with Crippen LogP contribution in [-0.4, -0.2) is 37.2 Å². The Balaban J connectivity index is 2.09. The third-order valence-corrected chi connectivity index (χ3v) is 5.22. The standard InChI is InChI=1S/C11H16N2O2S2/c1-17(14,15)10-5-2-6-12-11(10)13-8-9-4-3-7-16-9/h2,5-6,9H,3-4,7-8H2,1H3,(H,12,13). The lowest BCUT2D eigenvalue weighted by atomic mass is 10.2. The molecule has 0 radical (unpaired) electrons. The van der Waals surface area contributed by atoms with Crippen molar-refractivity contribution in [3.63, 3.8) is 0 Å². The van der Waals surface area contributed by atoms with E-state index >= 15 is 0 Å². The number of rotatable bonds is 4. The van der Waals surface area contributed by atoms with Crippen molar-refractivity contribution in [1.29, 1.82) is 0 Å². The highest BCUT2D eigenvalue weighted by Crippen LogP contribution is 2.27. The Morgan fingerprint density at radius 3 is 3.06 bits per heavy atom. The summed E-state index contributed by atoms with van der Waals surface area (Å²) in [6.45, 7) is 0.782. The molecule has 1 unspecified atom stereocenters. The van der Waals surface area contributed by atoms with Gasteiger partial charge in [0.1, 0.15) is 10.7 Å². The highest BCUT2D eigenvalue weighted by atomic mass is 32.2. The fourth-order valence-electron chi connectivity index (χ4n) is 1.84. The van der Waals surface area contributed by atoms with E-state index in [-0.39, 0.29) is 4.90 Å². The second-order valence-electron chi connectivity index (χ2n) is 4.14. The first-order chi connectivity index (χ1) is 8.07. The molecule has 4 nitrogen and oxygen atoms in total. The molecule has 6 heteroatoms. The Hall–Kier alpha value is -0.750. The fourth-order valence-corrected chi connectivity index (χ4v) is 3.84. The molecule has 0 spiro atoms. The first-order valence-corrected chi connectivity index (χ1v) is 8.52. The Morgan fingerprint density at radius 2 is 2.41 bits per heavy atom. The highest BCUT2D eigenvalue weighted by molar-refractivity contribution is 8.00. The van der Waals surface area contributed by atoms with Crippen molar-refractivity contribution < 1.29 is 8.42 Å². The normalized spacial score (nSPS) is 20.4. The van der Waals surface area contributed by atoms with E-state index in [1.165, 1.54) is 24.9 Å². The van der Waals surface area contributed by atoms with Gasteiger partial charge in [-0.15, -0.1) is 0 Å². The first kappa shape index (κ1) is 12.7. The molecule has 1 fully saturated rings. The van der Waals surface area contributed by atoms with Crippen LogP contribution in [0.2, 0.25) is 0 Å². The van der Waals surface area contributed by atoms with E-state index in [2.05, 4.69) is 10.3 Å². The molecule has 1 N–H and O–H groups in total. The highest BCUT2D eigenvalue weighted by Gasteiger charge is 2.18. The van der Waals surface area contributed by atoms with Crippen molar-refractivity contribution >= 4 is 27.4 Å². The van der Waals surface area contributed by atoms with Crippen LogP contribution in [0.15, 0.2) is 23.2 Å². The topological polar surface area (TPSA) is 59.1 Å². The fraction of sp³-hybridized carbons (Fsp3) is 0.545. The molecule has 1 aliphatic heterocycles. The van der Waals surface area contributed by atoms with Crippen molar-refractivity contribution in [2.24, 2.45) is 0 Å². The predicted octanol–water partition coefficient (Wildman–Crippen LogP) is 1.79. The van der Waals surface area contributed by atoms with E-state index in [0.717, 1.165) is 6.54 Å². The predicted molar refractivity (Wildman–Crippen MR) is 71.3 cm³/mol. The maximum absolute atomic E-state index is 11.6. The van der Waals surface area contributed by atoms with Gasteiger partial charge in [-0.1, -0.05) is 0 Å². The maximum Gasteiger partial charge on any atom is 0.179 e. The summed E-state index contributed by atoms with van der Waals surface area (Å²) >= 11 is 1.94. The largest absolute Gasteiger partial charge is 0.368 e. The molecule has 2 heterocycles. The molecule has 1 aromatic rings. The Kier molecular flexibility index (Phi) is 3.93. The maximum atomic E-state index is 11.6. The molecule has 1 aliphatic rings. The molecule has 1 atom stereocenters. The van der Waals surface area contributed by atoms with Gasteiger partial charge >= 0.3 is 0 Å². The second kappa shape index (κ2) is 5.27. The van der Waals surface area contributed by atoms with Gasteiger partial charge in [-0.25, -0.2) is 13.4 Å². The summed E-state index contributed by atoms with van der Waals surface area (Å²) in [5.74, 6) is 1.68. The van der Waals surface area contributed by atoms with Crippen molar-refractivity contribution in [1.82, 2.24) is 4.98 Å². The number of pyridine rings is 1. The van der Waals surface area contributed by atoms with Crippen LogP contribution < -0.4 is 5.32 Å². The molecular formula is C11H16N2O2S2. The average molecular weight is 272 g/mol. The first-order valence-electron chi connectivity index (χ1n) is 5.58. The molecule has 0 aliphatic carbocycles. The molecule has 0 aromatic carbocycles. The molecule has 0 amide bonds. The van der Waals surface area contributed by atoms with Gasteiger partial charge in [0.2, 0.25) is 0 Å². The van der Waals surface area contributed by atoms with E-state index in [1.54, 1.807) is 18.3 Å². The number of thioether (sulfide) groups is 1. The Labute approximate surface area is 106 Å². The zero-order chi connectivity index (χ0) is 12.3. The van der Waals surface area contributed by atoms with Crippen LogP contribution in [0.4, 0.5) is 5.82 Å². The summed E-state index contributed by atoms with van der Waals surface area (Å²) in [5.41, 5.74) is 0. The zero-order valence-corrected chi connectivity index (χ0v) is 11.4. The Morgan fingerprint density at radius 1 is 1.59 bits per heavy atom. The van der Waals surface area contributed by atoms with Crippen LogP contribution in [0, 0.1) is 0 Å². The van der Waals surface area contributed by atoms with E-state index in [9.17, 15) is 8.42 Å². The lowest BCUT2D eigenvalue weighted by molar-refractivity contribution is 0.601. The smallest absolute Gasteiger partial charge is 0.179 e. The van der Waals surface area contributed by atoms with Gasteiger partial charge in [0, 0.05) is 24.2 Å². The minimum atomic E-state index is -3.21. The van der Waals surface area contributed by atoms with E-state index in [0.29, 0.717) is 11.1 Å².